The van der Waals surface area contributed by atoms with Crippen LogP contribution in [-0.2, 0) is 9.59 Å². The molecule has 1 aromatic carbocycles. The maximum Gasteiger partial charge on any atom is 0.336 e. The van der Waals surface area contributed by atoms with E-state index in [-0.39, 0.29) is 11.1 Å². The molecule has 1 saturated heterocycles. The number of carbonyl (C=O) groups excluding carboxylic acids is 2. The third-order valence-corrected chi connectivity index (χ3v) is 5.39. The summed E-state index contributed by atoms with van der Waals surface area (Å²) < 4.78 is 0. The quantitative estimate of drug-likeness (QED) is 0.675. The minimum absolute atomic E-state index is 0.0523. The van der Waals surface area contributed by atoms with Gasteiger partial charge in [-0.2, -0.15) is 0 Å². The Morgan fingerprint density at radius 2 is 1.80 bits per heavy atom. The molecule has 0 spiro atoms. The normalized spacial score (nSPS) is 24.7. The van der Waals surface area contributed by atoms with E-state index >= 15 is 0 Å². The topological polar surface area (TPSA) is 124 Å². The van der Waals surface area contributed by atoms with Crippen molar-refractivity contribution in [1.82, 2.24) is 10.2 Å². The van der Waals surface area contributed by atoms with Gasteiger partial charge < -0.3 is 20.4 Å². The van der Waals surface area contributed by atoms with Crippen LogP contribution in [0.4, 0.5) is 0 Å². The molecule has 2 amide bonds. The van der Waals surface area contributed by atoms with E-state index in [9.17, 15) is 24.3 Å². The van der Waals surface area contributed by atoms with Crippen molar-refractivity contribution in [3.63, 3.8) is 0 Å². The minimum Gasteiger partial charge on any atom is -0.479 e. The van der Waals surface area contributed by atoms with Crippen molar-refractivity contribution in [3.05, 3.63) is 46.4 Å². The fourth-order valence-electron chi connectivity index (χ4n) is 2.90. The monoisotopic (exact) mass is 362 g/mol. The van der Waals surface area contributed by atoms with E-state index in [2.05, 4.69) is 5.32 Å². The number of aliphatic carboxylic acids is 1. The highest BCUT2D eigenvalue weighted by Gasteiger charge is 2.55. The lowest BCUT2D eigenvalue weighted by molar-refractivity contribution is -0.158. The standard InChI is InChI=1S/C16H14N2O6S/c1-7-6-25-14-10(13(20)18(14)11(7)16(23)24)17-12(19)8-4-2-3-5-9(8)15(21)22/h2-6,10-11,14H,1H3,(H,17,19)(H,21,22)(H,23,24)/t10?,11?,14-/m1/s1. The second-order valence-corrected chi connectivity index (χ2v) is 6.67. The first-order chi connectivity index (χ1) is 11.8. The SMILES string of the molecule is CC1=CS[C@@H]2C(NC(=O)c3ccccc3C(=O)O)C(=O)N2C1C(=O)O. The molecule has 0 aliphatic carbocycles. The van der Waals surface area contributed by atoms with Crippen LogP contribution in [0.25, 0.3) is 0 Å². The van der Waals surface area contributed by atoms with E-state index in [1.165, 1.54) is 40.9 Å². The fourth-order valence-corrected chi connectivity index (χ4v) is 4.08. The molecule has 3 rings (SSSR count). The Bertz CT molecular complexity index is 821. The molecule has 2 heterocycles. The molecule has 0 bridgehead atoms. The Labute approximate surface area is 146 Å². The highest BCUT2D eigenvalue weighted by atomic mass is 32.2. The van der Waals surface area contributed by atoms with Crippen LogP contribution in [0.1, 0.15) is 27.6 Å². The largest absolute Gasteiger partial charge is 0.479 e. The number of β-lactam (4-membered cyclic amide) rings is 1. The Balaban J connectivity index is 1.80. The maximum atomic E-state index is 12.4. The molecule has 3 N–H and O–H groups in total. The summed E-state index contributed by atoms with van der Waals surface area (Å²) in [4.78, 5) is 48.5. The van der Waals surface area contributed by atoms with Gasteiger partial charge in [0, 0.05) is 0 Å². The summed E-state index contributed by atoms with van der Waals surface area (Å²) in [5.41, 5.74) is 0.325. The predicted molar refractivity (Wildman–Crippen MR) is 88.1 cm³/mol. The fraction of sp³-hybridized carbons (Fsp3) is 0.250. The number of amides is 2. The van der Waals surface area contributed by atoms with Crippen molar-refractivity contribution in [3.8, 4) is 0 Å². The molecule has 9 heteroatoms. The van der Waals surface area contributed by atoms with Crippen LogP contribution in [0.5, 0.6) is 0 Å². The zero-order valence-corrected chi connectivity index (χ0v) is 13.8. The number of aromatic carboxylic acids is 1. The first kappa shape index (κ1) is 17.0. The predicted octanol–water partition coefficient (Wildman–Crippen LogP) is 0.755. The van der Waals surface area contributed by atoms with E-state index in [0.29, 0.717) is 5.57 Å². The minimum atomic E-state index is -1.25. The Hall–Kier alpha value is -2.81. The Morgan fingerprint density at radius 1 is 1.16 bits per heavy atom. The van der Waals surface area contributed by atoms with Gasteiger partial charge in [-0.05, 0) is 30.0 Å². The van der Waals surface area contributed by atoms with Crippen LogP contribution < -0.4 is 5.32 Å². The molecule has 3 atom stereocenters. The smallest absolute Gasteiger partial charge is 0.336 e. The number of hydrogen-bond donors (Lipinski definition) is 3. The van der Waals surface area contributed by atoms with E-state index < -0.39 is 41.2 Å². The van der Waals surface area contributed by atoms with Crippen molar-refractivity contribution in [2.24, 2.45) is 0 Å². The third kappa shape index (κ3) is 2.76. The molecule has 130 valence electrons. The van der Waals surface area contributed by atoms with Crippen LogP contribution in [0.15, 0.2) is 35.2 Å². The Kier molecular flexibility index (Phi) is 4.25. The van der Waals surface area contributed by atoms with Crippen LogP contribution in [0.2, 0.25) is 0 Å². The summed E-state index contributed by atoms with van der Waals surface area (Å²) in [5.74, 6) is -3.56. The van der Waals surface area contributed by atoms with Crippen molar-refractivity contribution in [2.45, 2.75) is 24.4 Å². The number of thioether (sulfide) groups is 1. The molecule has 2 aliphatic rings. The maximum absolute atomic E-state index is 12.4. The number of hydrogen-bond acceptors (Lipinski definition) is 5. The van der Waals surface area contributed by atoms with Crippen molar-refractivity contribution >= 4 is 35.5 Å². The van der Waals surface area contributed by atoms with Gasteiger partial charge in [-0.1, -0.05) is 12.1 Å². The van der Waals surface area contributed by atoms with Gasteiger partial charge in [0.2, 0.25) is 5.91 Å². The molecule has 0 radical (unpaired) electrons. The van der Waals surface area contributed by atoms with Crippen molar-refractivity contribution in [1.29, 1.82) is 0 Å². The summed E-state index contributed by atoms with van der Waals surface area (Å²) >= 11 is 1.25. The van der Waals surface area contributed by atoms with Crippen LogP contribution in [-0.4, -0.2) is 56.3 Å². The van der Waals surface area contributed by atoms with Crippen LogP contribution in [0, 0.1) is 0 Å². The first-order valence-corrected chi connectivity index (χ1v) is 8.27. The molecule has 1 fully saturated rings. The lowest BCUT2D eigenvalue weighted by Gasteiger charge is -2.51. The number of benzene rings is 1. The summed E-state index contributed by atoms with van der Waals surface area (Å²) in [6.45, 7) is 1.63. The zero-order valence-electron chi connectivity index (χ0n) is 13.0. The first-order valence-electron chi connectivity index (χ1n) is 7.33. The average Bonchev–Trinajstić information content (AvgIpc) is 2.58. The number of rotatable bonds is 4. The number of nitrogens with one attached hydrogen (secondary N) is 1. The molecular formula is C16H14N2O6S. The Morgan fingerprint density at radius 3 is 2.40 bits per heavy atom. The number of carbonyl (C=O) groups is 4. The van der Waals surface area contributed by atoms with E-state index in [1.54, 1.807) is 12.3 Å². The summed E-state index contributed by atoms with van der Waals surface area (Å²) in [6, 6.07) is 3.74. The van der Waals surface area contributed by atoms with Gasteiger partial charge in [-0.15, -0.1) is 11.8 Å². The molecule has 1 aromatic rings. The molecular weight excluding hydrogens is 348 g/mol. The van der Waals surface area contributed by atoms with Crippen molar-refractivity contribution < 1.29 is 29.4 Å². The molecule has 2 aliphatic heterocycles. The number of carboxylic acid groups (broad SMARTS) is 2. The third-order valence-electron chi connectivity index (χ3n) is 4.11. The molecule has 0 saturated carbocycles. The van der Waals surface area contributed by atoms with Crippen LogP contribution in [0.3, 0.4) is 0 Å². The number of fused-ring (bicyclic) bond motifs is 1. The lowest BCUT2D eigenvalue weighted by atomic mass is 9.98. The molecule has 25 heavy (non-hydrogen) atoms. The molecule has 8 nitrogen and oxygen atoms in total. The van der Waals surface area contributed by atoms with Gasteiger partial charge in [-0.3, -0.25) is 9.59 Å². The highest BCUT2D eigenvalue weighted by Crippen LogP contribution is 2.39. The van der Waals surface area contributed by atoms with Crippen LogP contribution >= 0.6 is 11.8 Å². The second-order valence-electron chi connectivity index (χ2n) is 5.68. The van der Waals surface area contributed by atoms with Crippen molar-refractivity contribution in [2.75, 3.05) is 0 Å². The van der Waals surface area contributed by atoms with E-state index in [0.717, 1.165) is 0 Å². The molecule has 2 unspecified atom stereocenters. The summed E-state index contributed by atoms with van der Waals surface area (Å²) in [6.07, 6.45) is 0. The zero-order chi connectivity index (χ0) is 18.3. The highest BCUT2D eigenvalue weighted by molar-refractivity contribution is 8.02. The van der Waals surface area contributed by atoms with Gasteiger partial charge in [0.05, 0.1) is 11.1 Å². The van der Waals surface area contributed by atoms with Gasteiger partial charge in [0.1, 0.15) is 11.4 Å². The second kappa shape index (κ2) is 6.25. The van der Waals surface area contributed by atoms with E-state index in [1.807, 2.05) is 0 Å². The summed E-state index contributed by atoms with van der Waals surface area (Å²) in [5, 5.41) is 22.1. The number of nitrogens with zero attached hydrogens (tertiary/aromatic N) is 1. The number of carboxylic acids is 2. The van der Waals surface area contributed by atoms with Gasteiger partial charge >= 0.3 is 11.9 Å². The summed E-state index contributed by atoms with van der Waals surface area (Å²) in [7, 11) is 0. The lowest BCUT2D eigenvalue weighted by Crippen LogP contribution is -2.73. The van der Waals surface area contributed by atoms with Gasteiger partial charge in [0.25, 0.3) is 5.91 Å². The van der Waals surface area contributed by atoms with Gasteiger partial charge in [-0.25, -0.2) is 9.59 Å². The van der Waals surface area contributed by atoms with E-state index in [4.69, 9.17) is 5.11 Å². The average molecular weight is 362 g/mol. The molecule has 0 aromatic heterocycles. The van der Waals surface area contributed by atoms with Gasteiger partial charge in [0.15, 0.2) is 6.04 Å².